The molecule has 3 aromatic carbocycles. The van der Waals surface area contributed by atoms with Crippen LogP contribution < -0.4 is 10.1 Å². The molecule has 8 heteroatoms. The smallest absolute Gasteiger partial charge is 0.416 e. The third-order valence-electron chi connectivity index (χ3n) is 5.49. The first-order valence-corrected chi connectivity index (χ1v) is 9.50. The Hall–Kier alpha value is -3.55. The zero-order valence-electron chi connectivity index (χ0n) is 16.8. The first-order valence-electron chi connectivity index (χ1n) is 9.50. The second-order valence-corrected chi connectivity index (χ2v) is 7.57. The lowest BCUT2D eigenvalue weighted by atomic mass is 9.90. The highest BCUT2D eigenvalue weighted by atomic mass is 19.4. The van der Waals surface area contributed by atoms with Gasteiger partial charge in [0.15, 0.2) is 0 Å². The number of hydrogen-bond donors (Lipinski definition) is 1. The van der Waals surface area contributed by atoms with Crippen LogP contribution in [0.4, 0.5) is 18.0 Å². The van der Waals surface area contributed by atoms with Crippen molar-refractivity contribution in [2.75, 3.05) is 7.11 Å². The summed E-state index contributed by atoms with van der Waals surface area (Å²) in [6, 6.07) is 14.8. The van der Waals surface area contributed by atoms with Gasteiger partial charge in [0.05, 0.1) is 19.2 Å². The number of nitrogens with zero attached hydrogens (tertiary/aromatic N) is 1. The number of carbonyl (C=O) groups excluding carboxylic acids is 2. The summed E-state index contributed by atoms with van der Waals surface area (Å²) >= 11 is 0. The highest BCUT2D eigenvalue weighted by Gasteiger charge is 2.49. The number of ether oxygens (including phenoxy) is 1. The summed E-state index contributed by atoms with van der Waals surface area (Å²) in [6.07, 6.45) is -4.50. The van der Waals surface area contributed by atoms with Crippen molar-refractivity contribution in [3.63, 3.8) is 0 Å². The van der Waals surface area contributed by atoms with Gasteiger partial charge in [0, 0.05) is 0 Å². The van der Waals surface area contributed by atoms with Crippen LogP contribution in [0, 0.1) is 0 Å². The number of rotatable bonds is 4. The number of fused-ring (bicyclic) bond motifs is 1. The maximum absolute atomic E-state index is 13.2. The number of amides is 3. The topological polar surface area (TPSA) is 58.6 Å². The summed E-state index contributed by atoms with van der Waals surface area (Å²) in [6.45, 7) is 1.33. The van der Waals surface area contributed by atoms with Crippen molar-refractivity contribution in [3.8, 4) is 5.75 Å². The second kappa shape index (κ2) is 7.30. The van der Waals surface area contributed by atoms with E-state index in [1.165, 1.54) is 12.1 Å². The van der Waals surface area contributed by atoms with Crippen molar-refractivity contribution in [3.05, 3.63) is 77.4 Å². The average Bonchev–Trinajstić information content (AvgIpc) is 2.96. The Morgan fingerprint density at radius 2 is 1.71 bits per heavy atom. The molecule has 0 bridgehead atoms. The third kappa shape index (κ3) is 3.69. The fraction of sp³-hybridized carbons (Fsp3) is 0.217. The van der Waals surface area contributed by atoms with Crippen LogP contribution in [0.25, 0.3) is 10.8 Å². The molecule has 1 fully saturated rings. The van der Waals surface area contributed by atoms with Gasteiger partial charge in [-0.1, -0.05) is 30.3 Å². The summed E-state index contributed by atoms with van der Waals surface area (Å²) in [7, 11) is 1.57. The van der Waals surface area contributed by atoms with Gasteiger partial charge in [-0.25, -0.2) is 4.79 Å². The quantitative estimate of drug-likeness (QED) is 0.606. The van der Waals surface area contributed by atoms with Crippen LogP contribution in [-0.2, 0) is 23.1 Å². The molecule has 0 saturated carbocycles. The summed E-state index contributed by atoms with van der Waals surface area (Å²) in [5, 5.41) is 4.46. The Morgan fingerprint density at radius 3 is 2.42 bits per heavy atom. The molecule has 1 aliphatic rings. The minimum Gasteiger partial charge on any atom is -0.497 e. The highest BCUT2D eigenvalue weighted by molar-refractivity contribution is 6.07. The number of alkyl halides is 3. The van der Waals surface area contributed by atoms with Crippen LogP contribution in [-0.4, -0.2) is 23.9 Å². The van der Waals surface area contributed by atoms with E-state index in [0.29, 0.717) is 11.3 Å². The number of urea groups is 1. The molecule has 160 valence electrons. The molecule has 3 aromatic rings. The highest BCUT2D eigenvalue weighted by Crippen LogP contribution is 2.34. The molecule has 1 unspecified atom stereocenters. The van der Waals surface area contributed by atoms with Crippen LogP contribution in [0.3, 0.4) is 0 Å². The molecule has 31 heavy (non-hydrogen) atoms. The average molecular weight is 428 g/mol. The Morgan fingerprint density at radius 1 is 1.00 bits per heavy atom. The van der Waals surface area contributed by atoms with Gasteiger partial charge in [0.1, 0.15) is 11.3 Å². The number of carbonyl (C=O) groups is 2. The molecule has 0 spiro atoms. The van der Waals surface area contributed by atoms with E-state index in [0.717, 1.165) is 27.8 Å². The minimum absolute atomic E-state index is 0.216. The van der Waals surface area contributed by atoms with E-state index in [1.54, 1.807) is 32.2 Å². The first-order chi connectivity index (χ1) is 14.6. The van der Waals surface area contributed by atoms with Gasteiger partial charge in [-0.3, -0.25) is 9.69 Å². The normalized spacial score (nSPS) is 19.1. The van der Waals surface area contributed by atoms with Crippen LogP contribution >= 0.6 is 0 Å². The number of benzene rings is 3. The molecule has 1 atom stereocenters. The lowest BCUT2D eigenvalue weighted by molar-refractivity contribution is -0.137. The van der Waals surface area contributed by atoms with Crippen molar-refractivity contribution in [1.29, 1.82) is 0 Å². The van der Waals surface area contributed by atoms with Gasteiger partial charge in [-0.05, 0) is 59.2 Å². The number of methoxy groups -OCH3 is 1. The van der Waals surface area contributed by atoms with Crippen LogP contribution in [0.1, 0.15) is 23.6 Å². The maximum Gasteiger partial charge on any atom is 0.416 e. The largest absolute Gasteiger partial charge is 0.497 e. The monoisotopic (exact) mass is 428 g/mol. The summed E-state index contributed by atoms with van der Waals surface area (Å²) in [5.41, 5.74) is -1.36. The molecule has 1 saturated heterocycles. The van der Waals surface area contributed by atoms with Crippen molar-refractivity contribution in [2.24, 2.45) is 0 Å². The predicted octanol–water partition coefficient (Wildman–Crippen LogP) is 4.83. The zero-order chi connectivity index (χ0) is 22.4. The third-order valence-corrected chi connectivity index (χ3v) is 5.49. The Labute approximate surface area is 176 Å². The van der Waals surface area contributed by atoms with Crippen molar-refractivity contribution < 1.29 is 27.5 Å². The van der Waals surface area contributed by atoms with Crippen molar-refractivity contribution in [2.45, 2.75) is 25.2 Å². The molecule has 1 N–H and O–H groups in total. The van der Waals surface area contributed by atoms with Gasteiger partial charge in [0.25, 0.3) is 5.91 Å². The Bertz CT molecular complexity index is 1190. The first kappa shape index (κ1) is 20.7. The maximum atomic E-state index is 13.2. The van der Waals surface area contributed by atoms with Gasteiger partial charge < -0.3 is 10.1 Å². The van der Waals surface area contributed by atoms with E-state index in [-0.39, 0.29) is 12.1 Å². The lowest BCUT2D eigenvalue weighted by Gasteiger charge is -2.23. The lowest BCUT2D eigenvalue weighted by Crippen LogP contribution is -2.40. The number of nitrogens with one attached hydrogen (secondary N) is 1. The molecule has 0 aliphatic carbocycles. The number of imide groups is 1. The fourth-order valence-electron chi connectivity index (χ4n) is 3.73. The van der Waals surface area contributed by atoms with E-state index in [1.807, 2.05) is 18.2 Å². The Balaban J connectivity index is 1.63. The van der Waals surface area contributed by atoms with Crippen LogP contribution in [0.15, 0.2) is 60.7 Å². The van der Waals surface area contributed by atoms with Crippen LogP contribution in [0.2, 0.25) is 0 Å². The van der Waals surface area contributed by atoms with Crippen molar-refractivity contribution >= 4 is 22.7 Å². The summed E-state index contributed by atoms with van der Waals surface area (Å²) in [4.78, 5) is 26.7. The molecule has 1 heterocycles. The van der Waals surface area contributed by atoms with Gasteiger partial charge >= 0.3 is 12.2 Å². The second-order valence-electron chi connectivity index (χ2n) is 7.57. The molecule has 3 amide bonds. The standard InChI is InChI=1S/C23H19F3N2O3/c1-22(17-8-6-16-12-19(31-2)9-7-15(16)11-17)20(29)28(21(30)27-22)13-14-4-3-5-18(10-14)23(24,25)26/h3-12H,13H2,1-2H3,(H,27,30). The molecular weight excluding hydrogens is 409 g/mol. The van der Waals surface area contributed by atoms with Gasteiger partial charge in [0.2, 0.25) is 0 Å². The summed E-state index contributed by atoms with van der Waals surface area (Å²) in [5.74, 6) is 0.173. The molecular formula is C23H19F3N2O3. The van der Waals surface area contributed by atoms with Gasteiger partial charge in [-0.2, -0.15) is 13.2 Å². The van der Waals surface area contributed by atoms with Gasteiger partial charge in [-0.15, -0.1) is 0 Å². The van der Waals surface area contributed by atoms with E-state index in [9.17, 15) is 22.8 Å². The SMILES string of the molecule is COc1ccc2cc(C3(C)NC(=O)N(Cc4cccc(C(F)(F)F)c4)C3=O)ccc2c1. The van der Waals surface area contributed by atoms with E-state index in [4.69, 9.17) is 4.74 Å². The van der Waals surface area contributed by atoms with E-state index >= 15 is 0 Å². The molecule has 5 nitrogen and oxygen atoms in total. The Kier molecular flexibility index (Phi) is 4.88. The summed E-state index contributed by atoms with van der Waals surface area (Å²) < 4.78 is 44.2. The molecule has 4 rings (SSSR count). The number of hydrogen-bond acceptors (Lipinski definition) is 3. The molecule has 0 radical (unpaired) electrons. The minimum atomic E-state index is -4.50. The molecule has 0 aromatic heterocycles. The fourth-order valence-corrected chi connectivity index (χ4v) is 3.73. The predicted molar refractivity (Wildman–Crippen MR) is 108 cm³/mol. The van der Waals surface area contributed by atoms with Crippen molar-refractivity contribution in [1.82, 2.24) is 10.2 Å². The van der Waals surface area contributed by atoms with E-state index < -0.39 is 29.2 Å². The van der Waals surface area contributed by atoms with Crippen LogP contribution in [0.5, 0.6) is 5.75 Å². The zero-order valence-corrected chi connectivity index (χ0v) is 16.8. The van der Waals surface area contributed by atoms with E-state index in [2.05, 4.69) is 5.32 Å². The number of halogens is 3. The molecule has 1 aliphatic heterocycles.